The molecule has 0 radical (unpaired) electrons. The summed E-state index contributed by atoms with van der Waals surface area (Å²) in [6.45, 7) is 7.47. The Morgan fingerprint density at radius 3 is 2.52 bits per heavy atom. The van der Waals surface area contributed by atoms with E-state index in [-0.39, 0.29) is 5.97 Å². The number of carbonyl (C=O) groups excluding carboxylic acids is 1. The maximum Gasteiger partial charge on any atom is 0.338 e. The first-order valence-corrected chi connectivity index (χ1v) is 9.34. The number of likely N-dealkylation sites (tertiary alicyclic amines) is 1. The Hall–Kier alpha value is -1.37. The number of piperazine rings is 1. The van der Waals surface area contributed by atoms with Gasteiger partial charge in [0.05, 0.1) is 12.7 Å². The normalized spacial score (nSPS) is 20.7. The predicted molar refractivity (Wildman–Crippen MR) is 99.5 cm³/mol. The number of hydrogen-bond acceptors (Lipinski definition) is 6. The number of nitrogens with zero attached hydrogens (tertiary/aromatic N) is 4. The van der Waals surface area contributed by atoms with E-state index in [1.807, 2.05) is 0 Å². The summed E-state index contributed by atoms with van der Waals surface area (Å²) in [4.78, 5) is 23.3. The van der Waals surface area contributed by atoms with Gasteiger partial charge in [0, 0.05) is 32.7 Å². The van der Waals surface area contributed by atoms with E-state index >= 15 is 0 Å². The van der Waals surface area contributed by atoms with Gasteiger partial charge >= 0.3 is 5.97 Å². The molecule has 2 aliphatic rings. The van der Waals surface area contributed by atoms with Crippen LogP contribution in [0.5, 0.6) is 0 Å². The number of halogens is 1. The van der Waals surface area contributed by atoms with Gasteiger partial charge in [-0.25, -0.2) is 9.78 Å². The molecule has 3 heterocycles. The van der Waals surface area contributed by atoms with E-state index in [4.69, 9.17) is 16.3 Å². The molecule has 138 valence electrons. The summed E-state index contributed by atoms with van der Waals surface area (Å²) in [7, 11) is 3.58. The monoisotopic (exact) mass is 366 g/mol. The molecule has 0 unspecified atom stereocenters. The molecule has 1 aromatic rings. The summed E-state index contributed by atoms with van der Waals surface area (Å²) in [5.41, 5.74) is 0.450. The SMILES string of the molecule is COC(=O)c1cc(Cl)nc(N2CCN(CC3CCN(C)CC3)CC2)c1. The Morgan fingerprint density at radius 1 is 1.20 bits per heavy atom. The zero-order valence-electron chi connectivity index (χ0n) is 15.1. The molecule has 0 saturated carbocycles. The minimum Gasteiger partial charge on any atom is -0.465 e. The van der Waals surface area contributed by atoms with Crippen LogP contribution in [0.2, 0.25) is 5.15 Å². The van der Waals surface area contributed by atoms with Gasteiger partial charge in [0.25, 0.3) is 0 Å². The van der Waals surface area contributed by atoms with Crippen molar-refractivity contribution in [3.8, 4) is 0 Å². The van der Waals surface area contributed by atoms with Crippen molar-refractivity contribution in [3.05, 3.63) is 22.8 Å². The molecule has 0 aromatic carbocycles. The molecule has 0 N–H and O–H groups in total. The van der Waals surface area contributed by atoms with Crippen LogP contribution in [-0.4, -0.2) is 80.7 Å². The third-order valence-electron chi connectivity index (χ3n) is 5.25. The maximum absolute atomic E-state index is 11.8. The lowest BCUT2D eigenvalue weighted by atomic mass is 9.96. The fraction of sp³-hybridized carbons (Fsp3) is 0.667. The molecule has 7 heteroatoms. The van der Waals surface area contributed by atoms with E-state index in [1.54, 1.807) is 12.1 Å². The molecule has 6 nitrogen and oxygen atoms in total. The quantitative estimate of drug-likeness (QED) is 0.600. The van der Waals surface area contributed by atoms with Crippen molar-refractivity contribution in [1.82, 2.24) is 14.8 Å². The number of hydrogen-bond donors (Lipinski definition) is 0. The van der Waals surface area contributed by atoms with Crippen LogP contribution in [0, 0.1) is 5.92 Å². The zero-order chi connectivity index (χ0) is 17.8. The van der Waals surface area contributed by atoms with Crippen LogP contribution >= 0.6 is 11.6 Å². The van der Waals surface area contributed by atoms with Crippen LogP contribution in [0.15, 0.2) is 12.1 Å². The molecule has 0 spiro atoms. The summed E-state index contributed by atoms with van der Waals surface area (Å²) < 4.78 is 4.79. The number of pyridine rings is 1. The largest absolute Gasteiger partial charge is 0.465 e. The number of piperidine rings is 1. The molecule has 25 heavy (non-hydrogen) atoms. The highest BCUT2D eigenvalue weighted by molar-refractivity contribution is 6.29. The van der Waals surface area contributed by atoms with E-state index in [1.165, 1.54) is 39.6 Å². The van der Waals surface area contributed by atoms with E-state index < -0.39 is 0 Å². The van der Waals surface area contributed by atoms with Crippen molar-refractivity contribution in [3.63, 3.8) is 0 Å². The average molecular weight is 367 g/mol. The van der Waals surface area contributed by atoms with Gasteiger partial charge in [-0.15, -0.1) is 0 Å². The topological polar surface area (TPSA) is 48.9 Å². The van der Waals surface area contributed by atoms with Crippen LogP contribution < -0.4 is 4.90 Å². The first kappa shape index (κ1) is 18.4. The lowest BCUT2D eigenvalue weighted by Crippen LogP contribution is -2.49. The van der Waals surface area contributed by atoms with Crippen molar-refractivity contribution in [2.75, 3.05) is 64.9 Å². The molecule has 2 aliphatic heterocycles. The van der Waals surface area contributed by atoms with Crippen molar-refractivity contribution in [1.29, 1.82) is 0 Å². The van der Waals surface area contributed by atoms with Crippen LogP contribution in [0.1, 0.15) is 23.2 Å². The molecule has 0 atom stereocenters. The molecule has 0 amide bonds. The highest BCUT2D eigenvalue weighted by Gasteiger charge is 2.24. The van der Waals surface area contributed by atoms with Crippen molar-refractivity contribution < 1.29 is 9.53 Å². The fourth-order valence-corrected chi connectivity index (χ4v) is 3.85. The summed E-state index contributed by atoms with van der Waals surface area (Å²) in [6, 6.07) is 3.32. The van der Waals surface area contributed by atoms with E-state index in [2.05, 4.69) is 26.7 Å². The Labute approximate surface area is 154 Å². The standard InChI is InChI=1S/C18H27ClN4O2/c1-21-5-3-14(4-6-21)13-22-7-9-23(10-8-22)17-12-15(18(24)25-2)11-16(19)20-17/h11-12,14H,3-10,13H2,1-2H3. The lowest BCUT2D eigenvalue weighted by Gasteiger charge is -2.38. The first-order chi connectivity index (χ1) is 12.0. The predicted octanol–water partition coefficient (Wildman–Crippen LogP) is 1.99. The van der Waals surface area contributed by atoms with Gasteiger partial charge in [0.15, 0.2) is 0 Å². The third kappa shape index (κ3) is 4.84. The molecule has 2 fully saturated rings. The Balaban J connectivity index is 1.55. The molecule has 2 saturated heterocycles. The zero-order valence-corrected chi connectivity index (χ0v) is 15.8. The van der Waals surface area contributed by atoms with Gasteiger partial charge in [-0.1, -0.05) is 11.6 Å². The Morgan fingerprint density at radius 2 is 1.88 bits per heavy atom. The Kier molecular flexibility index (Phi) is 6.15. The van der Waals surface area contributed by atoms with E-state index in [0.717, 1.165) is 37.9 Å². The summed E-state index contributed by atoms with van der Waals surface area (Å²) in [5.74, 6) is 1.19. The molecule has 1 aromatic heterocycles. The van der Waals surface area contributed by atoms with Crippen LogP contribution in [0.3, 0.4) is 0 Å². The van der Waals surface area contributed by atoms with Crippen LogP contribution in [-0.2, 0) is 4.74 Å². The number of aromatic nitrogens is 1. The van der Waals surface area contributed by atoms with Gasteiger partial charge in [-0.2, -0.15) is 0 Å². The van der Waals surface area contributed by atoms with Crippen molar-refractivity contribution in [2.24, 2.45) is 5.92 Å². The maximum atomic E-state index is 11.8. The van der Waals surface area contributed by atoms with E-state index in [9.17, 15) is 4.79 Å². The second kappa shape index (κ2) is 8.34. The second-order valence-corrected chi connectivity index (χ2v) is 7.45. The van der Waals surface area contributed by atoms with Crippen LogP contribution in [0.25, 0.3) is 0 Å². The third-order valence-corrected chi connectivity index (χ3v) is 5.45. The molecule has 0 bridgehead atoms. The van der Waals surface area contributed by atoms with Gasteiger partial charge in [-0.05, 0) is 51.0 Å². The van der Waals surface area contributed by atoms with Crippen molar-refractivity contribution >= 4 is 23.4 Å². The summed E-state index contributed by atoms with van der Waals surface area (Å²) >= 11 is 6.08. The molecule has 0 aliphatic carbocycles. The lowest BCUT2D eigenvalue weighted by molar-refractivity contribution is 0.0600. The molecule has 3 rings (SSSR count). The summed E-state index contributed by atoms with van der Waals surface area (Å²) in [5, 5.41) is 0.326. The highest BCUT2D eigenvalue weighted by atomic mass is 35.5. The van der Waals surface area contributed by atoms with Gasteiger partial charge in [-0.3, -0.25) is 4.90 Å². The van der Waals surface area contributed by atoms with Gasteiger partial charge < -0.3 is 14.5 Å². The second-order valence-electron chi connectivity index (χ2n) is 7.06. The Bertz CT molecular complexity index is 597. The van der Waals surface area contributed by atoms with Gasteiger partial charge in [0.1, 0.15) is 11.0 Å². The highest BCUT2D eigenvalue weighted by Crippen LogP contribution is 2.22. The average Bonchev–Trinajstić information content (AvgIpc) is 2.63. The van der Waals surface area contributed by atoms with Gasteiger partial charge in [0.2, 0.25) is 0 Å². The van der Waals surface area contributed by atoms with Crippen molar-refractivity contribution in [2.45, 2.75) is 12.8 Å². The number of rotatable bonds is 4. The smallest absolute Gasteiger partial charge is 0.338 e. The summed E-state index contributed by atoms with van der Waals surface area (Å²) in [6.07, 6.45) is 2.60. The fourth-order valence-electron chi connectivity index (χ4n) is 3.65. The first-order valence-electron chi connectivity index (χ1n) is 8.97. The number of ether oxygens (including phenoxy) is 1. The minimum atomic E-state index is -0.383. The number of methoxy groups -OCH3 is 1. The molecular weight excluding hydrogens is 340 g/mol. The number of carbonyl (C=O) groups is 1. The number of esters is 1. The van der Waals surface area contributed by atoms with Crippen LogP contribution in [0.4, 0.5) is 5.82 Å². The number of anilines is 1. The van der Waals surface area contributed by atoms with E-state index in [0.29, 0.717) is 10.7 Å². The molecular formula is C18H27ClN4O2. The minimum absolute atomic E-state index is 0.326.